The van der Waals surface area contributed by atoms with Crippen LogP contribution in [0.1, 0.15) is 11.1 Å². The zero-order valence-corrected chi connectivity index (χ0v) is 17.3. The average Bonchev–Trinajstić information content (AvgIpc) is 2.38. The molecule has 0 unspecified atom stereocenters. The Morgan fingerprint density at radius 2 is 1.06 bits per heavy atom. The molecule has 2 aromatic rings. The summed E-state index contributed by atoms with van der Waals surface area (Å²) in [5, 5.41) is 2.57. The zero-order chi connectivity index (χ0) is 12.8. The molecule has 0 nitrogen and oxygen atoms in total. The van der Waals surface area contributed by atoms with Crippen molar-refractivity contribution in [3.8, 4) is 0 Å². The number of benzene rings is 2. The van der Waals surface area contributed by atoms with Crippen molar-refractivity contribution in [1.29, 1.82) is 0 Å². The molecule has 4 heteroatoms. The predicted octanol–water partition coefficient (Wildman–Crippen LogP) is 3.92. The van der Waals surface area contributed by atoms with Gasteiger partial charge in [-0.15, -0.1) is 0 Å². The first-order valence-electron chi connectivity index (χ1n) is 5.48. The molecule has 18 heavy (non-hydrogen) atoms. The summed E-state index contributed by atoms with van der Waals surface area (Å²) in [4.78, 5) is 0. The normalized spacial score (nSPS) is 10.6. The third-order valence-corrected chi connectivity index (χ3v) is 11.1. The van der Waals surface area contributed by atoms with Crippen molar-refractivity contribution >= 4 is 71.4 Å². The Morgan fingerprint density at radius 1 is 0.667 bits per heavy atom. The van der Waals surface area contributed by atoms with Gasteiger partial charge in [0.15, 0.2) is 0 Å². The van der Waals surface area contributed by atoms with Crippen LogP contribution in [-0.2, 0) is 10.6 Å². The maximum atomic E-state index is 2.44. The summed E-state index contributed by atoms with van der Waals surface area (Å²) >= 11 is 6.43. The van der Waals surface area contributed by atoms with Gasteiger partial charge < -0.3 is 0 Å². The van der Waals surface area contributed by atoms with Crippen LogP contribution < -0.4 is 0 Å². The fourth-order valence-electron chi connectivity index (χ4n) is 1.44. The van der Waals surface area contributed by atoms with Crippen LogP contribution in [0.5, 0.6) is 0 Å². The predicted molar refractivity (Wildman–Crippen MR) is 97.2 cm³/mol. The van der Waals surface area contributed by atoms with Gasteiger partial charge in [-0.2, -0.15) is 0 Å². The van der Waals surface area contributed by atoms with E-state index in [4.69, 9.17) is 0 Å². The SMILES string of the molecule is Ic1ccccc1C[Se][Se]Cc1ccccc1I. The first-order chi connectivity index (χ1) is 8.77. The molecule has 0 N–H and O–H groups in total. The van der Waals surface area contributed by atoms with E-state index in [0.717, 1.165) is 26.3 Å². The van der Waals surface area contributed by atoms with E-state index in [2.05, 4.69) is 93.7 Å². The standard InChI is InChI=1S/C14H12I2Se2/c15-13-7-3-1-5-11(13)9-17-18-10-12-6-2-4-8-14(12)16/h1-8H,9-10H2. The Labute approximate surface area is 147 Å². The van der Waals surface area contributed by atoms with E-state index in [1.54, 1.807) is 0 Å². The Hall–Kier alpha value is 0.939. The molecule has 0 aliphatic heterocycles. The van der Waals surface area contributed by atoms with Crippen molar-refractivity contribution in [3.63, 3.8) is 0 Å². The molecule has 0 heterocycles. The monoisotopic (exact) mass is 594 g/mol. The molecule has 0 aliphatic carbocycles. The van der Waals surface area contributed by atoms with Gasteiger partial charge in [-0.3, -0.25) is 0 Å². The van der Waals surface area contributed by atoms with Crippen LogP contribution in [0.2, 0.25) is 0 Å². The van der Waals surface area contributed by atoms with Crippen molar-refractivity contribution in [2.45, 2.75) is 10.6 Å². The van der Waals surface area contributed by atoms with Crippen molar-refractivity contribution in [3.05, 3.63) is 66.8 Å². The van der Waals surface area contributed by atoms with E-state index in [9.17, 15) is 0 Å². The maximum absolute atomic E-state index is 2.44. The summed E-state index contributed by atoms with van der Waals surface area (Å²) in [5.41, 5.74) is 3.06. The molecule has 0 fully saturated rings. The Kier molecular flexibility index (Phi) is 7.05. The van der Waals surface area contributed by atoms with Crippen LogP contribution in [-0.4, -0.2) is 26.3 Å². The Bertz CT molecular complexity index is 467. The molecule has 0 atom stereocenters. The molecule has 2 aromatic carbocycles. The van der Waals surface area contributed by atoms with Crippen LogP contribution >= 0.6 is 45.2 Å². The van der Waals surface area contributed by atoms with Crippen LogP contribution in [0.25, 0.3) is 0 Å². The third-order valence-electron chi connectivity index (χ3n) is 2.43. The van der Waals surface area contributed by atoms with Gasteiger partial charge >= 0.3 is 149 Å². The Balaban J connectivity index is 1.80. The van der Waals surface area contributed by atoms with Crippen molar-refractivity contribution in [1.82, 2.24) is 0 Å². The Morgan fingerprint density at radius 3 is 1.44 bits per heavy atom. The summed E-state index contributed by atoms with van der Waals surface area (Å²) in [7, 11) is 0. The molecule has 0 saturated heterocycles. The van der Waals surface area contributed by atoms with Crippen LogP contribution in [0, 0.1) is 7.14 Å². The van der Waals surface area contributed by atoms with Gasteiger partial charge in [0, 0.05) is 0 Å². The number of rotatable bonds is 5. The first-order valence-corrected chi connectivity index (χ1v) is 14.4. The minimum atomic E-state index is 0.771. The summed E-state index contributed by atoms with van der Waals surface area (Å²) in [6.07, 6.45) is 0. The van der Waals surface area contributed by atoms with Crippen molar-refractivity contribution in [2.24, 2.45) is 0 Å². The molecule has 0 spiro atoms. The fraction of sp³-hybridized carbons (Fsp3) is 0.143. The molecule has 0 saturated carbocycles. The number of halogens is 2. The van der Waals surface area contributed by atoms with Crippen molar-refractivity contribution < 1.29 is 0 Å². The van der Waals surface area contributed by atoms with E-state index in [0.29, 0.717) is 0 Å². The molecule has 0 radical (unpaired) electrons. The number of hydrogen-bond acceptors (Lipinski definition) is 0. The van der Waals surface area contributed by atoms with Gasteiger partial charge in [-0.1, -0.05) is 0 Å². The van der Waals surface area contributed by atoms with Gasteiger partial charge in [-0.25, -0.2) is 0 Å². The van der Waals surface area contributed by atoms with E-state index in [1.165, 1.54) is 28.9 Å². The van der Waals surface area contributed by atoms with Gasteiger partial charge in [0.2, 0.25) is 0 Å². The second-order valence-corrected chi connectivity index (χ2v) is 13.4. The van der Waals surface area contributed by atoms with Gasteiger partial charge in [0.05, 0.1) is 0 Å². The first kappa shape index (κ1) is 15.3. The van der Waals surface area contributed by atoms with Gasteiger partial charge in [-0.05, 0) is 0 Å². The summed E-state index contributed by atoms with van der Waals surface area (Å²) < 4.78 is 2.84. The minimum absolute atomic E-state index is 0.771. The topological polar surface area (TPSA) is 0 Å². The van der Waals surface area contributed by atoms with Crippen LogP contribution in [0.4, 0.5) is 0 Å². The second-order valence-electron chi connectivity index (χ2n) is 3.71. The zero-order valence-electron chi connectivity index (χ0n) is 9.61. The third kappa shape index (κ3) is 4.80. The summed E-state index contributed by atoms with van der Waals surface area (Å²) in [6.45, 7) is 0. The second kappa shape index (κ2) is 8.28. The summed E-state index contributed by atoms with van der Waals surface area (Å²) in [5.74, 6) is 0. The molecule has 2 rings (SSSR count). The van der Waals surface area contributed by atoms with Gasteiger partial charge in [0.25, 0.3) is 0 Å². The van der Waals surface area contributed by atoms with Crippen LogP contribution in [0.3, 0.4) is 0 Å². The van der Waals surface area contributed by atoms with Crippen LogP contribution in [0.15, 0.2) is 48.5 Å². The van der Waals surface area contributed by atoms with E-state index in [-0.39, 0.29) is 0 Å². The van der Waals surface area contributed by atoms with Gasteiger partial charge in [0.1, 0.15) is 0 Å². The molecular weight excluding hydrogens is 580 g/mol. The molecule has 94 valence electrons. The van der Waals surface area contributed by atoms with E-state index < -0.39 is 0 Å². The number of hydrogen-bond donors (Lipinski definition) is 0. The molecule has 0 aromatic heterocycles. The molecule has 0 aliphatic rings. The van der Waals surface area contributed by atoms with Crippen molar-refractivity contribution in [2.75, 3.05) is 0 Å². The summed E-state index contributed by atoms with van der Waals surface area (Å²) in [6, 6.07) is 17.5. The molecule has 0 bridgehead atoms. The average molecular weight is 592 g/mol. The molecular formula is C14H12I2Se2. The van der Waals surface area contributed by atoms with E-state index in [1.807, 2.05) is 0 Å². The van der Waals surface area contributed by atoms with E-state index >= 15 is 0 Å². The molecule has 0 amide bonds. The fourth-order valence-corrected chi connectivity index (χ4v) is 10.3. The quantitative estimate of drug-likeness (QED) is 0.281.